The van der Waals surface area contributed by atoms with Gasteiger partial charge in [-0.05, 0) is 24.3 Å². The Morgan fingerprint density at radius 1 is 1.17 bits per heavy atom. The number of methoxy groups -OCH3 is 1. The molecule has 0 aliphatic carbocycles. The number of anilines is 1. The van der Waals surface area contributed by atoms with Gasteiger partial charge in [0, 0.05) is 21.5 Å². The van der Waals surface area contributed by atoms with Crippen molar-refractivity contribution in [3.63, 3.8) is 0 Å². The molecule has 0 atom stereocenters. The van der Waals surface area contributed by atoms with E-state index in [0.29, 0.717) is 32.5 Å². The van der Waals surface area contributed by atoms with Gasteiger partial charge in [-0.25, -0.2) is 4.79 Å². The second kappa shape index (κ2) is 9.24. The lowest BCUT2D eigenvalue weighted by Gasteiger charge is -2.09. The van der Waals surface area contributed by atoms with E-state index in [1.54, 1.807) is 47.8 Å². The molecule has 0 unspecified atom stereocenters. The average Bonchev–Trinajstić information content (AvgIpc) is 3.15. The number of halogens is 1. The molecule has 146 valence electrons. The van der Waals surface area contributed by atoms with E-state index in [1.165, 1.54) is 24.5 Å². The molecule has 1 aromatic heterocycles. The topological polar surface area (TPSA) is 88.4 Å². The van der Waals surface area contributed by atoms with Gasteiger partial charge < -0.3 is 14.8 Å². The molecule has 3 aromatic rings. The Kier molecular flexibility index (Phi) is 6.50. The third-order valence-corrected chi connectivity index (χ3v) is 5.16. The summed E-state index contributed by atoms with van der Waals surface area (Å²) in [5, 5.41) is 14.2. The fourth-order valence-electron chi connectivity index (χ4n) is 2.60. The van der Waals surface area contributed by atoms with Gasteiger partial charge in [0.1, 0.15) is 16.3 Å². The number of carbonyl (C=O) groups is 2. The fourth-order valence-corrected chi connectivity index (χ4v) is 3.80. The van der Waals surface area contributed by atoms with Crippen molar-refractivity contribution in [3.05, 3.63) is 70.1 Å². The van der Waals surface area contributed by atoms with Crippen LogP contribution >= 0.6 is 22.9 Å². The van der Waals surface area contributed by atoms with E-state index >= 15 is 0 Å². The largest absolute Gasteiger partial charge is 0.484 e. The van der Waals surface area contributed by atoms with Gasteiger partial charge in [0.05, 0.1) is 18.7 Å². The minimum Gasteiger partial charge on any atom is -0.484 e. The predicted molar refractivity (Wildman–Crippen MR) is 111 cm³/mol. The van der Waals surface area contributed by atoms with Crippen molar-refractivity contribution in [1.82, 2.24) is 0 Å². The van der Waals surface area contributed by atoms with Crippen molar-refractivity contribution in [3.8, 4) is 22.9 Å². The lowest BCUT2D eigenvalue weighted by atomic mass is 10.0. The van der Waals surface area contributed by atoms with Crippen LogP contribution in [0.4, 0.5) is 5.00 Å². The van der Waals surface area contributed by atoms with Crippen molar-refractivity contribution >= 4 is 39.8 Å². The van der Waals surface area contributed by atoms with Crippen LogP contribution in [0.2, 0.25) is 5.02 Å². The van der Waals surface area contributed by atoms with Crippen LogP contribution in [0.15, 0.2) is 53.9 Å². The second-order valence-electron chi connectivity index (χ2n) is 5.80. The minimum atomic E-state index is -0.584. The lowest BCUT2D eigenvalue weighted by Crippen LogP contribution is -2.21. The number of amides is 1. The van der Waals surface area contributed by atoms with E-state index in [-0.39, 0.29) is 12.2 Å². The molecule has 0 saturated heterocycles. The van der Waals surface area contributed by atoms with Crippen molar-refractivity contribution in [2.24, 2.45) is 0 Å². The van der Waals surface area contributed by atoms with Crippen LogP contribution in [-0.4, -0.2) is 25.6 Å². The van der Waals surface area contributed by atoms with Crippen LogP contribution in [-0.2, 0) is 9.53 Å². The Morgan fingerprint density at radius 3 is 2.69 bits per heavy atom. The standard InChI is InChI=1S/C21H15ClN2O4S/c1-27-21(26)19-16(15-7-2-3-8-17(15)22)12-29-20(19)24-18(25)11-28-14-6-4-5-13(9-14)10-23/h2-9,12H,11H2,1H3,(H,24,25). The molecule has 6 nitrogen and oxygen atoms in total. The number of thiophene rings is 1. The zero-order chi connectivity index (χ0) is 20.8. The molecule has 8 heteroatoms. The van der Waals surface area contributed by atoms with E-state index < -0.39 is 11.9 Å². The number of hydrogen-bond donors (Lipinski definition) is 1. The molecule has 0 radical (unpaired) electrons. The molecule has 0 aliphatic rings. The number of nitrogens with zero attached hydrogens (tertiary/aromatic N) is 1. The molecule has 2 aromatic carbocycles. The van der Waals surface area contributed by atoms with Gasteiger partial charge in [-0.1, -0.05) is 35.9 Å². The van der Waals surface area contributed by atoms with Crippen molar-refractivity contribution in [2.45, 2.75) is 0 Å². The van der Waals surface area contributed by atoms with Gasteiger partial charge in [0.15, 0.2) is 6.61 Å². The molecule has 1 N–H and O–H groups in total. The Morgan fingerprint density at radius 2 is 1.97 bits per heavy atom. The van der Waals surface area contributed by atoms with Gasteiger partial charge in [-0.15, -0.1) is 11.3 Å². The van der Waals surface area contributed by atoms with E-state index in [0.717, 1.165) is 0 Å². The highest BCUT2D eigenvalue weighted by Gasteiger charge is 2.23. The summed E-state index contributed by atoms with van der Waals surface area (Å²) in [4.78, 5) is 24.7. The maximum atomic E-state index is 12.4. The monoisotopic (exact) mass is 426 g/mol. The molecular weight excluding hydrogens is 412 g/mol. The van der Waals surface area contributed by atoms with Crippen LogP contribution < -0.4 is 10.1 Å². The molecule has 0 aliphatic heterocycles. The Labute approximate surface area is 176 Å². The van der Waals surface area contributed by atoms with Crippen LogP contribution in [0, 0.1) is 11.3 Å². The molecule has 0 saturated carbocycles. The van der Waals surface area contributed by atoms with Crippen LogP contribution in [0.3, 0.4) is 0 Å². The molecule has 0 spiro atoms. The molecule has 1 amide bonds. The van der Waals surface area contributed by atoms with Gasteiger partial charge in [-0.2, -0.15) is 5.26 Å². The summed E-state index contributed by atoms with van der Waals surface area (Å²) in [6, 6.07) is 15.6. The number of ether oxygens (including phenoxy) is 2. The van der Waals surface area contributed by atoms with Crippen LogP contribution in [0.5, 0.6) is 5.75 Å². The number of esters is 1. The summed E-state index contributed by atoms with van der Waals surface area (Å²) < 4.78 is 10.3. The highest BCUT2D eigenvalue weighted by molar-refractivity contribution is 7.15. The maximum absolute atomic E-state index is 12.4. The minimum absolute atomic E-state index is 0.227. The summed E-state index contributed by atoms with van der Waals surface area (Å²) in [6.45, 7) is -0.283. The van der Waals surface area contributed by atoms with Crippen molar-refractivity contribution in [1.29, 1.82) is 5.26 Å². The van der Waals surface area contributed by atoms with E-state index in [2.05, 4.69) is 5.32 Å². The summed E-state index contributed by atoms with van der Waals surface area (Å²) in [5.74, 6) is -0.639. The van der Waals surface area contributed by atoms with Gasteiger partial charge >= 0.3 is 5.97 Å². The first-order valence-corrected chi connectivity index (χ1v) is 9.66. The fraction of sp³-hybridized carbons (Fsp3) is 0.0952. The first kappa shape index (κ1) is 20.4. The lowest BCUT2D eigenvalue weighted by molar-refractivity contribution is -0.118. The first-order chi connectivity index (χ1) is 14.0. The van der Waals surface area contributed by atoms with Gasteiger partial charge in [0.2, 0.25) is 0 Å². The average molecular weight is 427 g/mol. The normalized spacial score (nSPS) is 10.1. The van der Waals surface area contributed by atoms with Crippen molar-refractivity contribution < 1.29 is 19.1 Å². The molecular formula is C21H15ClN2O4S. The molecule has 0 fully saturated rings. The Bertz CT molecular complexity index is 1100. The molecule has 3 rings (SSSR count). The zero-order valence-corrected chi connectivity index (χ0v) is 16.8. The van der Waals surface area contributed by atoms with Gasteiger partial charge in [0.25, 0.3) is 5.91 Å². The zero-order valence-electron chi connectivity index (χ0n) is 15.3. The van der Waals surface area contributed by atoms with E-state index in [4.69, 9.17) is 26.3 Å². The number of nitriles is 1. The SMILES string of the molecule is COC(=O)c1c(-c2ccccc2Cl)csc1NC(=O)COc1cccc(C#N)c1. The van der Waals surface area contributed by atoms with Gasteiger partial charge in [-0.3, -0.25) is 4.79 Å². The molecule has 1 heterocycles. The smallest absolute Gasteiger partial charge is 0.341 e. The number of carbonyl (C=O) groups excluding carboxylic acids is 2. The summed E-state index contributed by atoms with van der Waals surface area (Å²) in [5.41, 5.74) is 1.89. The molecule has 29 heavy (non-hydrogen) atoms. The number of nitrogens with one attached hydrogen (secondary N) is 1. The number of rotatable bonds is 6. The van der Waals surface area contributed by atoms with E-state index in [9.17, 15) is 9.59 Å². The van der Waals surface area contributed by atoms with E-state index in [1.807, 2.05) is 6.07 Å². The third-order valence-electron chi connectivity index (χ3n) is 3.93. The first-order valence-electron chi connectivity index (χ1n) is 8.41. The predicted octanol–water partition coefficient (Wildman–Crippen LogP) is 4.74. The summed E-state index contributed by atoms with van der Waals surface area (Å²) in [7, 11) is 1.27. The Hall–Kier alpha value is -3.34. The number of benzene rings is 2. The van der Waals surface area contributed by atoms with Crippen LogP contribution in [0.25, 0.3) is 11.1 Å². The maximum Gasteiger partial charge on any atom is 0.341 e. The van der Waals surface area contributed by atoms with Crippen molar-refractivity contribution in [2.75, 3.05) is 19.0 Å². The highest BCUT2D eigenvalue weighted by Crippen LogP contribution is 2.39. The summed E-state index contributed by atoms with van der Waals surface area (Å²) in [6.07, 6.45) is 0. The number of hydrogen-bond acceptors (Lipinski definition) is 6. The molecule has 0 bridgehead atoms. The third kappa shape index (κ3) is 4.74. The highest BCUT2D eigenvalue weighted by atomic mass is 35.5. The second-order valence-corrected chi connectivity index (χ2v) is 7.09. The quantitative estimate of drug-likeness (QED) is 0.575. The van der Waals surface area contributed by atoms with Crippen LogP contribution in [0.1, 0.15) is 15.9 Å². The summed E-state index contributed by atoms with van der Waals surface area (Å²) >= 11 is 7.45. The Balaban J connectivity index is 1.80.